The van der Waals surface area contributed by atoms with E-state index in [9.17, 15) is 9.59 Å². The van der Waals surface area contributed by atoms with E-state index >= 15 is 0 Å². The monoisotopic (exact) mass is 417 g/mol. The number of carbonyl (C=O) groups is 1. The molecule has 1 aliphatic heterocycles. The molecule has 150 valence electrons. The maximum Gasteiger partial charge on any atom is 0.269 e. The van der Waals surface area contributed by atoms with Crippen molar-refractivity contribution in [2.75, 3.05) is 12.3 Å². The molecule has 0 atom stereocenters. The second-order valence-electron chi connectivity index (χ2n) is 7.13. The minimum absolute atomic E-state index is 0.0353. The van der Waals surface area contributed by atoms with Gasteiger partial charge in [-0.05, 0) is 29.7 Å². The maximum absolute atomic E-state index is 13.0. The van der Waals surface area contributed by atoms with Gasteiger partial charge in [0, 0.05) is 13.1 Å². The van der Waals surface area contributed by atoms with Crippen molar-refractivity contribution in [2.45, 2.75) is 18.1 Å². The Kier molecular flexibility index (Phi) is 4.84. The normalized spacial score (nSPS) is 13.4. The van der Waals surface area contributed by atoms with E-state index in [2.05, 4.69) is 27.3 Å². The number of aromatic amines is 1. The van der Waals surface area contributed by atoms with Crippen LogP contribution in [-0.2, 0) is 17.8 Å². The maximum atomic E-state index is 13.0. The van der Waals surface area contributed by atoms with Gasteiger partial charge in [-0.2, -0.15) is 5.10 Å². The molecule has 30 heavy (non-hydrogen) atoms. The first-order valence-electron chi connectivity index (χ1n) is 9.69. The van der Waals surface area contributed by atoms with Gasteiger partial charge in [-0.25, -0.2) is 4.98 Å². The summed E-state index contributed by atoms with van der Waals surface area (Å²) >= 11 is 1.27. The van der Waals surface area contributed by atoms with Crippen LogP contribution in [0, 0.1) is 0 Å². The lowest BCUT2D eigenvalue weighted by Gasteiger charge is -2.28. The van der Waals surface area contributed by atoms with Crippen LogP contribution >= 0.6 is 11.8 Å². The van der Waals surface area contributed by atoms with Crippen LogP contribution in [0.25, 0.3) is 16.7 Å². The Bertz CT molecular complexity index is 1280. The average Bonchev–Trinajstić information content (AvgIpc) is 3.27. The molecular formula is C22H19N5O2S. The summed E-state index contributed by atoms with van der Waals surface area (Å²) in [4.78, 5) is 32.4. The molecule has 8 heteroatoms. The standard InChI is InChI=1S/C22H19N5O2S/c28-19(26-11-10-15-6-4-5-7-16(15)13-26)14-30-22-24-20-18(12-23-25-20)21(29)27(22)17-8-2-1-3-9-17/h1-9,12H,10-11,13-14H2,(H,23,25). The van der Waals surface area contributed by atoms with E-state index in [0.717, 1.165) is 6.42 Å². The van der Waals surface area contributed by atoms with Gasteiger partial charge >= 0.3 is 0 Å². The molecule has 3 heterocycles. The van der Waals surface area contributed by atoms with E-state index < -0.39 is 0 Å². The Morgan fingerprint density at radius 1 is 1.07 bits per heavy atom. The highest BCUT2D eigenvalue weighted by atomic mass is 32.2. The SMILES string of the molecule is O=C(CSc1nc2[nH]ncc2c(=O)n1-c1ccccc1)N1CCc2ccccc2C1. The van der Waals surface area contributed by atoms with Crippen molar-refractivity contribution in [1.82, 2.24) is 24.6 Å². The number of thioether (sulfide) groups is 1. The Labute approximate surface area is 176 Å². The first-order chi connectivity index (χ1) is 14.7. The summed E-state index contributed by atoms with van der Waals surface area (Å²) in [6.07, 6.45) is 2.34. The van der Waals surface area contributed by atoms with E-state index in [-0.39, 0.29) is 17.2 Å². The van der Waals surface area contributed by atoms with Gasteiger partial charge in [0.05, 0.1) is 17.6 Å². The van der Waals surface area contributed by atoms with Crippen molar-refractivity contribution in [3.05, 3.63) is 82.3 Å². The number of H-pyrrole nitrogens is 1. The fraction of sp³-hybridized carbons (Fsp3) is 0.182. The van der Waals surface area contributed by atoms with Crippen LogP contribution in [0.3, 0.4) is 0 Å². The molecule has 2 aromatic carbocycles. The van der Waals surface area contributed by atoms with Crippen molar-refractivity contribution in [2.24, 2.45) is 0 Å². The summed E-state index contributed by atoms with van der Waals surface area (Å²) < 4.78 is 1.54. The second kappa shape index (κ2) is 7.79. The minimum atomic E-state index is -0.207. The quantitative estimate of drug-likeness (QED) is 0.408. The number of hydrogen-bond acceptors (Lipinski definition) is 5. The molecule has 1 aliphatic rings. The third kappa shape index (κ3) is 3.39. The fourth-order valence-electron chi connectivity index (χ4n) is 3.70. The van der Waals surface area contributed by atoms with E-state index in [0.29, 0.717) is 35.0 Å². The summed E-state index contributed by atoms with van der Waals surface area (Å²) in [6.45, 7) is 1.32. The lowest BCUT2D eigenvalue weighted by Crippen LogP contribution is -2.37. The lowest BCUT2D eigenvalue weighted by atomic mass is 10.00. The molecule has 0 spiro atoms. The Morgan fingerprint density at radius 3 is 2.67 bits per heavy atom. The molecule has 2 aromatic heterocycles. The number of nitrogens with zero attached hydrogens (tertiary/aromatic N) is 4. The zero-order valence-electron chi connectivity index (χ0n) is 16.1. The molecule has 5 rings (SSSR count). The number of para-hydroxylation sites is 1. The lowest BCUT2D eigenvalue weighted by molar-refractivity contribution is -0.129. The van der Waals surface area contributed by atoms with Crippen LogP contribution in [0.5, 0.6) is 0 Å². The molecule has 0 saturated carbocycles. The number of aromatic nitrogens is 4. The Morgan fingerprint density at radius 2 is 1.83 bits per heavy atom. The highest BCUT2D eigenvalue weighted by Gasteiger charge is 2.22. The van der Waals surface area contributed by atoms with Gasteiger partial charge < -0.3 is 4.90 Å². The molecule has 0 saturated heterocycles. The predicted octanol–water partition coefficient (Wildman–Crippen LogP) is 2.79. The fourth-order valence-corrected chi connectivity index (χ4v) is 4.61. The Balaban J connectivity index is 1.42. The third-order valence-corrected chi connectivity index (χ3v) is 6.20. The van der Waals surface area contributed by atoms with Crippen molar-refractivity contribution in [3.63, 3.8) is 0 Å². The Hall–Kier alpha value is -3.39. The molecule has 0 bridgehead atoms. The van der Waals surface area contributed by atoms with E-state index in [1.54, 1.807) is 4.57 Å². The first-order valence-corrected chi connectivity index (χ1v) is 10.7. The topological polar surface area (TPSA) is 83.9 Å². The number of amides is 1. The smallest absolute Gasteiger partial charge is 0.269 e. The number of carbonyl (C=O) groups excluding carboxylic acids is 1. The molecule has 0 radical (unpaired) electrons. The summed E-state index contributed by atoms with van der Waals surface area (Å²) in [5.74, 6) is 0.245. The van der Waals surface area contributed by atoms with Crippen LogP contribution in [0.2, 0.25) is 0 Å². The van der Waals surface area contributed by atoms with Crippen LogP contribution in [0.1, 0.15) is 11.1 Å². The van der Waals surface area contributed by atoms with Gasteiger partial charge in [-0.3, -0.25) is 19.3 Å². The summed E-state index contributed by atoms with van der Waals surface area (Å²) in [6, 6.07) is 17.6. The number of nitrogens with one attached hydrogen (secondary N) is 1. The molecule has 0 fully saturated rings. The molecule has 4 aromatic rings. The van der Waals surface area contributed by atoms with Crippen molar-refractivity contribution < 1.29 is 4.79 Å². The third-order valence-electron chi connectivity index (χ3n) is 5.27. The average molecular weight is 417 g/mol. The predicted molar refractivity (Wildman–Crippen MR) is 116 cm³/mol. The van der Waals surface area contributed by atoms with Gasteiger partial charge in [0.25, 0.3) is 5.56 Å². The van der Waals surface area contributed by atoms with Gasteiger partial charge in [-0.1, -0.05) is 54.2 Å². The minimum Gasteiger partial charge on any atom is -0.337 e. The largest absolute Gasteiger partial charge is 0.337 e. The van der Waals surface area contributed by atoms with Gasteiger partial charge in [0.15, 0.2) is 10.8 Å². The van der Waals surface area contributed by atoms with E-state index in [4.69, 9.17) is 0 Å². The van der Waals surface area contributed by atoms with Crippen molar-refractivity contribution in [1.29, 1.82) is 0 Å². The first kappa shape index (κ1) is 18.6. The van der Waals surface area contributed by atoms with Crippen LogP contribution in [0.4, 0.5) is 0 Å². The zero-order valence-corrected chi connectivity index (χ0v) is 16.9. The molecule has 0 aliphatic carbocycles. The van der Waals surface area contributed by atoms with E-state index in [1.165, 1.54) is 29.1 Å². The number of benzene rings is 2. The molecule has 7 nitrogen and oxygen atoms in total. The van der Waals surface area contributed by atoms with Gasteiger partial charge in [0.1, 0.15) is 5.39 Å². The van der Waals surface area contributed by atoms with Crippen LogP contribution in [0.15, 0.2) is 70.7 Å². The number of rotatable bonds is 4. The number of fused-ring (bicyclic) bond motifs is 2. The van der Waals surface area contributed by atoms with Crippen LogP contribution in [-0.4, -0.2) is 42.9 Å². The second-order valence-corrected chi connectivity index (χ2v) is 8.07. The summed E-state index contributed by atoms with van der Waals surface area (Å²) in [5.41, 5.74) is 3.43. The molecule has 1 N–H and O–H groups in total. The molecule has 1 amide bonds. The summed E-state index contributed by atoms with van der Waals surface area (Å²) in [7, 11) is 0. The molecular weight excluding hydrogens is 398 g/mol. The van der Waals surface area contributed by atoms with Gasteiger partial charge in [0.2, 0.25) is 5.91 Å². The van der Waals surface area contributed by atoms with Gasteiger partial charge in [-0.15, -0.1) is 0 Å². The van der Waals surface area contributed by atoms with Crippen LogP contribution < -0.4 is 5.56 Å². The van der Waals surface area contributed by atoms with E-state index in [1.807, 2.05) is 47.4 Å². The summed E-state index contributed by atoms with van der Waals surface area (Å²) in [5, 5.41) is 7.59. The molecule has 0 unspecified atom stereocenters. The zero-order chi connectivity index (χ0) is 20.5. The highest BCUT2D eigenvalue weighted by Crippen LogP contribution is 2.23. The number of hydrogen-bond donors (Lipinski definition) is 1. The van der Waals surface area contributed by atoms with Crippen molar-refractivity contribution >= 4 is 28.7 Å². The highest BCUT2D eigenvalue weighted by molar-refractivity contribution is 7.99. The van der Waals surface area contributed by atoms with Crippen molar-refractivity contribution in [3.8, 4) is 5.69 Å².